The van der Waals surface area contributed by atoms with Crippen LogP contribution >= 0.6 is 56.7 Å². The van der Waals surface area contributed by atoms with Gasteiger partial charge in [0.25, 0.3) is 0 Å². The van der Waals surface area contributed by atoms with E-state index >= 15 is 0 Å². The van der Waals surface area contributed by atoms with E-state index in [2.05, 4.69) is 201 Å². The Bertz CT molecular complexity index is 7910. The fourth-order valence-electron chi connectivity index (χ4n) is 16.7. The molecule has 0 atom stereocenters. The molecule has 10 aromatic carbocycles. The molecule has 0 aliphatic carbocycles. The highest BCUT2D eigenvalue weighted by Crippen LogP contribution is 2.42. The number of nitrogens with two attached hydrogens (primary N) is 4. The molecule has 138 heavy (non-hydrogen) atoms. The SMILES string of the molecule is CC(C)Cc1ccc(C(N)=O)cc1Nc1nc2c(ccc3[nH]c(N4CCN(C)CC4)nc32)s1.CC(C)Cc1ccc(C(N)=O)cc1Nc1nc2c(ccc3[nH]cnc32)s1.CC(C)Cc1ccc(C(N)=O)cc1Nc1nc2c(ccc3c2cnn3C)s1.CC(C)Cc1ccccc1Nc1nc2c(ccc3c2cnn3C)s1.CCn1cnc2ccc3sc(Nc4cc(C(N)=O)ccc4OC(C)C)nc3c21. The van der Waals surface area contributed by atoms with Gasteiger partial charge in [0.15, 0.2) is 25.7 Å². The standard InChI is InChI=1S/C24H29N7OS.C20H21N5O2S.C20H21N5OS.C19H19N5OS.C19H20N4S/c1-14(2)12-15-4-5-16(22(25)32)13-18(15)27-24-29-21-19(33-24)7-6-17-20(21)28-23(26-17)31-10-8-30(3)9-11-31;1-4-25-10-22-13-6-8-16-17(18(13)25)24-20(28-16)23-14-9-12(19(21)26)5-7-15(14)27-11(2)3;1-11(2)8-12-4-5-13(19(21)26)9-15(12)23-20-24-18-14-10-22-25(3)16(14)6-7-17(18)27-20;1-10(2)7-11-3-4-12(18(20)25)8-14(11)23-19-24-17-15(26-19)6-5-13-16(17)22-9-21-13;1-12(2)10-13-6-4-5-7-15(13)21-19-22-18-14-11-20-23(3)16(14)8-9-17(18)24-19/h4-7,13-14H,8-12H2,1-3H3,(H2,25,32)(H,26,28)(H,27,29);5-11H,4H2,1-3H3,(H2,21,26)(H,23,24);4-7,9-11H,8H2,1-3H3,(H2,21,26)(H,23,24);3-6,8-10H,7H2,1-2H3,(H2,20,25)(H,21,22)(H,23,24);4-9,11-12H,10H2,1-3H3,(H,21,22). The Labute approximate surface area is 816 Å². The monoisotopic (exact) mass is 1940 g/mol. The number of hydrogen-bond donors (Lipinski definition) is 11. The van der Waals surface area contributed by atoms with Crippen LogP contribution in [0.2, 0.25) is 0 Å². The molecule has 1 aliphatic rings. The minimum Gasteiger partial charge on any atom is -0.489 e. The maximum absolute atomic E-state index is 11.7. The van der Waals surface area contributed by atoms with E-state index in [1.54, 1.807) is 94.1 Å². The Balaban J connectivity index is 0.000000120. The molecule has 21 rings (SSSR count). The molecule has 0 unspecified atom stereocenters. The number of aromatic amines is 2. The summed E-state index contributed by atoms with van der Waals surface area (Å²) in [5.41, 5.74) is 45.3. The van der Waals surface area contributed by atoms with Gasteiger partial charge >= 0.3 is 0 Å². The molecule has 31 nitrogen and oxygen atoms in total. The Morgan fingerprint density at radius 3 is 1.28 bits per heavy atom. The summed E-state index contributed by atoms with van der Waals surface area (Å²) in [6, 6.07) is 50.9. The number of carbonyl (C=O) groups excluding carboxylic acids is 4. The largest absolute Gasteiger partial charge is 0.489 e. The lowest BCUT2D eigenvalue weighted by Gasteiger charge is -2.32. The van der Waals surface area contributed by atoms with E-state index in [1.165, 1.54) is 21.6 Å². The number of thiazole rings is 5. The summed E-state index contributed by atoms with van der Waals surface area (Å²) in [7, 11) is 6.03. The number of para-hydroxylation sites is 1. The van der Waals surface area contributed by atoms with Gasteiger partial charge in [0, 0.05) is 103 Å². The third-order valence-corrected chi connectivity index (χ3v) is 28.0. The van der Waals surface area contributed by atoms with Gasteiger partial charge in [0.1, 0.15) is 33.3 Å². The van der Waals surface area contributed by atoms with E-state index in [0.29, 0.717) is 62.5 Å². The second-order valence-electron chi connectivity index (χ2n) is 36.1. The molecule has 11 heterocycles. The first-order chi connectivity index (χ1) is 66.4. The summed E-state index contributed by atoms with van der Waals surface area (Å²) in [5.74, 6) is 1.84. The zero-order valence-electron chi connectivity index (χ0n) is 79.2. The Hall–Kier alpha value is -14.6. The summed E-state index contributed by atoms with van der Waals surface area (Å²) in [5, 5.41) is 31.8. The van der Waals surface area contributed by atoms with Gasteiger partial charge in [-0.05, 0) is 221 Å². The molecule has 10 aromatic heterocycles. The maximum atomic E-state index is 11.7. The molecule has 20 aromatic rings. The number of amides is 4. The molecular formula is C102H110N26O5S5. The highest BCUT2D eigenvalue weighted by atomic mass is 32.1. The molecule has 4 amide bonds. The number of likely N-dealkylation sites (N-methyl/N-ethyl adjacent to an activating group) is 1. The number of piperazine rings is 1. The summed E-state index contributed by atoms with van der Waals surface area (Å²) in [6.45, 7) is 28.3. The number of H-pyrrole nitrogens is 2. The predicted molar refractivity (Wildman–Crippen MR) is 567 cm³/mol. The van der Waals surface area contributed by atoms with E-state index in [4.69, 9.17) is 57.6 Å². The summed E-state index contributed by atoms with van der Waals surface area (Å²) in [4.78, 5) is 95.4. The minimum absolute atomic E-state index is 0.00567. The molecule has 1 saturated heterocycles. The van der Waals surface area contributed by atoms with Crippen molar-refractivity contribution in [3.8, 4) is 5.75 Å². The van der Waals surface area contributed by atoms with Gasteiger partial charge in [0.2, 0.25) is 29.6 Å². The van der Waals surface area contributed by atoms with Gasteiger partial charge in [0.05, 0.1) is 104 Å². The first kappa shape index (κ1) is 95.2. The van der Waals surface area contributed by atoms with Gasteiger partial charge in [-0.1, -0.05) is 148 Å². The van der Waals surface area contributed by atoms with Crippen molar-refractivity contribution in [1.29, 1.82) is 0 Å². The number of benzene rings is 10. The van der Waals surface area contributed by atoms with Crippen molar-refractivity contribution < 1.29 is 23.9 Å². The molecule has 1 aliphatic heterocycles. The first-order valence-electron chi connectivity index (χ1n) is 45.8. The number of nitrogens with zero attached hydrogens (tertiary/aromatic N) is 15. The van der Waals surface area contributed by atoms with Crippen LogP contribution in [-0.4, -0.2) is 142 Å². The van der Waals surface area contributed by atoms with Crippen molar-refractivity contribution in [3.05, 3.63) is 227 Å². The highest BCUT2D eigenvalue weighted by molar-refractivity contribution is 7.24. The third-order valence-electron chi connectivity index (χ3n) is 23.3. The van der Waals surface area contributed by atoms with Gasteiger partial charge in [-0.15, -0.1) is 0 Å². The van der Waals surface area contributed by atoms with E-state index < -0.39 is 23.6 Å². The van der Waals surface area contributed by atoms with Gasteiger partial charge in [-0.25, -0.2) is 39.9 Å². The molecule has 708 valence electrons. The lowest BCUT2D eigenvalue weighted by Crippen LogP contribution is -2.44. The molecule has 0 saturated carbocycles. The Kier molecular flexibility index (Phi) is 28.4. The van der Waals surface area contributed by atoms with Gasteiger partial charge in [-0.2, -0.15) is 10.2 Å². The van der Waals surface area contributed by atoms with Crippen LogP contribution in [0.1, 0.15) is 140 Å². The second-order valence-corrected chi connectivity index (χ2v) is 41.3. The van der Waals surface area contributed by atoms with Crippen LogP contribution in [-0.2, 0) is 46.3 Å². The quantitative estimate of drug-likeness (QED) is 0.0240. The molecule has 0 spiro atoms. The fourth-order valence-corrected chi connectivity index (χ4v) is 21.1. The van der Waals surface area contributed by atoms with Crippen LogP contribution in [0.25, 0.3) is 106 Å². The normalized spacial score (nSPS) is 12.4. The van der Waals surface area contributed by atoms with Crippen molar-refractivity contribution in [2.24, 2.45) is 60.7 Å². The molecular weight excluding hydrogens is 1830 g/mol. The second kappa shape index (κ2) is 41.2. The topological polar surface area (TPSA) is 423 Å². The smallest absolute Gasteiger partial charge is 0.248 e. The Morgan fingerprint density at radius 2 is 0.812 bits per heavy atom. The van der Waals surface area contributed by atoms with E-state index in [-0.39, 0.29) is 6.10 Å². The van der Waals surface area contributed by atoms with Gasteiger partial charge < -0.3 is 78.6 Å². The molecule has 0 radical (unpaired) electrons. The zero-order chi connectivity index (χ0) is 97.0. The van der Waals surface area contributed by atoms with Crippen LogP contribution in [0.5, 0.6) is 5.75 Å². The average molecular weight is 1940 g/mol. The molecule has 0 bridgehead atoms. The van der Waals surface area contributed by atoms with Gasteiger partial charge in [-0.3, -0.25) is 28.5 Å². The molecule has 36 heteroatoms. The van der Waals surface area contributed by atoms with Crippen LogP contribution < -0.4 is 59.2 Å². The fraction of sp³-hybridized carbons (Fsp3) is 0.275. The summed E-state index contributed by atoms with van der Waals surface area (Å²) in [6.07, 6.45) is 11.0. The number of ether oxygens (including phenoxy) is 1. The van der Waals surface area contributed by atoms with Crippen LogP contribution in [0, 0.1) is 23.7 Å². The number of aromatic nitrogens is 15. The lowest BCUT2D eigenvalue weighted by atomic mass is 9.99. The number of nitrogens with one attached hydrogen (secondary N) is 7. The first-order valence-corrected chi connectivity index (χ1v) is 49.9. The van der Waals surface area contributed by atoms with Crippen LogP contribution in [0.3, 0.4) is 0 Å². The van der Waals surface area contributed by atoms with E-state index in [1.807, 2.05) is 111 Å². The highest BCUT2D eigenvalue weighted by Gasteiger charge is 2.25. The minimum atomic E-state index is -0.489. The third kappa shape index (κ3) is 21.5. The summed E-state index contributed by atoms with van der Waals surface area (Å²) >= 11 is 7.94. The number of hydrogen-bond acceptors (Lipinski definition) is 27. The molecule has 15 N–H and O–H groups in total. The van der Waals surface area contributed by atoms with Crippen molar-refractivity contribution in [1.82, 2.24) is 78.9 Å². The summed E-state index contributed by atoms with van der Waals surface area (Å²) < 4.78 is 17.1. The molecule has 1 fully saturated rings. The van der Waals surface area contributed by atoms with Crippen LogP contribution in [0.15, 0.2) is 183 Å². The van der Waals surface area contributed by atoms with E-state index in [0.717, 1.165) is 226 Å². The zero-order valence-corrected chi connectivity index (χ0v) is 83.3. The predicted octanol–water partition coefficient (Wildman–Crippen LogP) is 21.8. The number of carbonyl (C=O) groups is 4. The van der Waals surface area contributed by atoms with Crippen molar-refractivity contribution in [3.63, 3.8) is 0 Å². The number of imidazole rings is 3. The lowest BCUT2D eigenvalue weighted by molar-refractivity contribution is 0.0992. The Morgan fingerprint density at radius 1 is 0.413 bits per heavy atom. The number of aryl methyl sites for hydroxylation is 3. The average Bonchev–Trinajstić information content (AvgIpc) is 1.61. The van der Waals surface area contributed by atoms with Crippen molar-refractivity contribution >= 4 is 246 Å². The number of fused-ring (bicyclic) bond motifs is 15. The van der Waals surface area contributed by atoms with Crippen molar-refractivity contribution in [2.45, 2.75) is 114 Å². The number of rotatable bonds is 26. The van der Waals surface area contributed by atoms with E-state index in [9.17, 15) is 19.2 Å². The van der Waals surface area contributed by atoms with Crippen LogP contribution in [0.4, 0.5) is 60.0 Å². The number of anilines is 11. The van der Waals surface area contributed by atoms with Crippen molar-refractivity contribution in [2.75, 3.05) is 64.7 Å². The number of primary amides is 4. The maximum Gasteiger partial charge on any atom is 0.248 e.